The molecule has 84 valence electrons. The van der Waals surface area contributed by atoms with Gasteiger partial charge in [-0.05, 0) is 30.0 Å². The average Bonchev–Trinajstić information content (AvgIpc) is 2.38. The van der Waals surface area contributed by atoms with E-state index in [1.54, 1.807) is 6.07 Å². The highest BCUT2D eigenvalue weighted by molar-refractivity contribution is 5.86. The van der Waals surface area contributed by atoms with Crippen LogP contribution >= 0.6 is 0 Å². The van der Waals surface area contributed by atoms with Crippen molar-refractivity contribution in [3.63, 3.8) is 0 Å². The smallest absolute Gasteiger partial charge is 0.354 e. The van der Waals surface area contributed by atoms with Crippen molar-refractivity contribution in [2.75, 3.05) is 0 Å². The monoisotopic (exact) mass is 225 g/mol. The largest absolute Gasteiger partial charge is 0.477 e. The maximum Gasteiger partial charge on any atom is 0.354 e. The van der Waals surface area contributed by atoms with Crippen LogP contribution in [0.25, 0.3) is 11.3 Å². The first-order chi connectivity index (χ1) is 8.25. The molecule has 3 heteroatoms. The molecule has 0 saturated heterocycles. The Kier molecular flexibility index (Phi) is 2.18. The number of nitrogens with zero attached hydrogens (tertiary/aromatic N) is 1. The number of pyridine rings is 1. The van der Waals surface area contributed by atoms with Crippen LogP contribution in [0.5, 0.6) is 0 Å². The van der Waals surface area contributed by atoms with Crippen molar-refractivity contribution < 1.29 is 9.90 Å². The fourth-order valence-corrected chi connectivity index (χ4v) is 2.28. The van der Waals surface area contributed by atoms with E-state index in [2.05, 4.69) is 11.1 Å². The topological polar surface area (TPSA) is 50.2 Å². The lowest BCUT2D eigenvalue weighted by molar-refractivity contribution is 0.0690. The van der Waals surface area contributed by atoms with Crippen molar-refractivity contribution in [2.45, 2.75) is 12.8 Å². The molecule has 2 aromatic rings. The van der Waals surface area contributed by atoms with Crippen molar-refractivity contribution in [3.05, 3.63) is 53.2 Å². The third-order valence-corrected chi connectivity index (χ3v) is 3.13. The van der Waals surface area contributed by atoms with Gasteiger partial charge in [0.25, 0.3) is 0 Å². The molecule has 1 heterocycles. The predicted octanol–water partition coefficient (Wildman–Crippen LogP) is 2.55. The van der Waals surface area contributed by atoms with Gasteiger partial charge in [-0.15, -0.1) is 0 Å². The molecule has 1 aliphatic carbocycles. The van der Waals surface area contributed by atoms with Crippen LogP contribution in [-0.4, -0.2) is 16.1 Å². The predicted molar refractivity (Wildman–Crippen MR) is 64.0 cm³/mol. The van der Waals surface area contributed by atoms with Crippen LogP contribution in [0.1, 0.15) is 21.6 Å². The van der Waals surface area contributed by atoms with E-state index in [1.807, 2.05) is 24.3 Å². The van der Waals surface area contributed by atoms with E-state index >= 15 is 0 Å². The summed E-state index contributed by atoms with van der Waals surface area (Å²) in [7, 11) is 0. The summed E-state index contributed by atoms with van der Waals surface area (Å²) < 4.78 is 0. The lowest BCUT2D eigenvalue weighted by Gasteiger charge is -2.18. The first-order valence-corrected chi connectivity index (χ1v) is 5.57. The van der Waals surface area contributed by atoms with Crippen LogP contribution in [0, 0.1) is 0 Å². The number of aryl methyl sites for hydroxylation is 2. The van der Waals surface area contributed by atoms with Crippen LogP contribution in [-0.2, 0) is 12.8 Å². The van der Waals surface area contributed by atoms with Gasteiger partial charge in [0.2, 0.25) is 0 Å². The summed E-state index contributed by atoms with van der Waals surface area (Å²) in [6.07, 6.45) is 1.93. The lowest BCUT2D eigenvalue weighted by Crippen LogP contribution is -2.09. The zero-order chi connectivity index (χ0) is 11.8. The molecule has 0 fully saturated rings. The SMILES string of the molecule is O=C(O)c1ccc2c(n1)-c1ccccc1CC2. The highest BCUT2D eigenvalue weighted by Crippen LogP contribution is 2.31. The Morgan fingerprint density at radius 2 is 1.82 bits per heavy atom. The summed E-state index contributed by atoms with van der Waals surface area (Å²) in [6.45, 7) is 0. The third-order valence-electron chi connectivity index (χ3n) is 3.13. The van der Waals surface area contributed by atoms with Crippen LogP contribution in [0.4, 0.5) is 0 Å². The summed E-state index contributed by atoms with van der Waals surface area (Å²) in [4.78, 5) is 15.2. The molecule has 3 nitrogen and oxygen atoms in total. The van der Waals surface area contributed by atoms with Crippen molar-refractivity contribution in [2.24, 2.45) is 0 Å². The van der Waals surface area contributed by atoms with E-state index in [4.69, 9.17) is 5.11 Å². The van der Waals surface area contributed by atoms with Gasteiger partial charge < -0.3 is 5.11 Å². The van der Waals surface area contributed by atoms with E-state index in [1.165, 1.54) is 5.56 Å². The number of benzene rings is 1. The summed E-state index contributed by atoms with van der Waals surface area (Å²) >= 11 is 0. The second kappa shape index (κ2) is 3.70. The highest BCUT2D eigenvalue weighted by Gasteiger charge is 2.18. The number of hydrogen-bond donors (Lipinski definition) is 1. The molecule has 0 bridgehead atoms. The molecule has 0 radical (unpaired) electrons. The summed E-state index contributed by atoms with van der Waals surface area (Å²) in [5.41, 5.74) is 4.38. The Balaban J connectivity index is 2.22. The van der Waals surface area contributed by atoms with E-state index in [-0.39, 0.29) is 5.69 Å². The van der Waals surface area contributed by atoms with Gasteiger partial charge in [-0.25, -0.2) is 9.78 Å². The highest BCUT2D eigenvalue weighted by atomic mass is 16.4. The van der Waals surface area contributed by atoms with Gasteiger partial charge in [-0.3, -0.25) is 0 Å². The van der Waals surface area contributed by atoms with Gasteiger partial charge in [0, 0.05) is 5.56 Å². The Labute approximate surface area is 98.8 Å². The summed E-state index contributed by atoms with van der Waals surface area (Å²) in [5.74, 6) is -0.976. The number of rotatable bonds is 1. The van der Waals surface area contributed by atoms with Gasteiger partial charge in [-0.1, -0.05) is 30.3 Å². The van der Waals surface area contributed by atoms with Crippen molar-refractivity contribution in [1.29, 1.82) is 0 Å². The number of aromatic carboxylic acids is 1. The van der Waals surface area contributed by atoms with Crippen molar-refractivity contribution in [1.82, 2.24) is 4.98 Å². The molecule has 1 aromatic carbocycles. The molecular formula is C14H11NO2. The van der Waals surface area contributed by atoms with Crippen LogP contribution in [0.15, 0.2) is 36.4 Å². The molecule has 0 amide bonds. The second-order valence-corrected chi connectivity index (χ2v) is 4.17. The van der Waals surface area contributed by atoms with Crippen LogP contribution in [0.2, 0.25) is 0 Å². The number of carboxylic acids is 1. The van der Waals surface area contributed by atoms with Gasteiger partial charge in [0.05, 0.1) is 5.69 Å². The Hall–Kier alpha value is -2.16. The van der Waals surface area contributed by atoms with E-state index in [0.717, 1.165) is 29.7 Å². The molecule has 1 N–H and O–H groups in total. The third kappa shape index (κ3) is 1.60. The number of carbonyl (C=O) groups is 1. The minimum absolute atomic E-state index is 0.112. The van der Waals surface area contributed by atoms with Crippen molar-refractivity contribution in [3.8, 4) is 11.3 Å². The van der Waals surface area contributed by atoms with Gasteiger partial charge >= 0.3 is 5.97 Å². The Bertz CT molecular complexity index is 605. The molecule has 0 unspecified atom stereocenters. The number of hydrogen-bond acceptors (Lipinski definition) is 2. The molecule has 3 rings (SSSR count). The summed E-state index contributed by atoms with van der Waals surface area (Å²) in [5, 5.41) is 8.97. The molecule has 0 atom stereocenters. The lowest BCUT2D eigenvalue weighted by atomic mass is 9.89. The first kappa shape index (κ1) is 10.0. The minimum Gasteiger partial charge on any atom is -0.477 e. The Morgan fingerprint density at radius 3 is 2.65 bits per heavy atom. The zero-order valence-electron chi connectivity index (χ0n) is 9.18. The van der Waals surface area contributed by atoms with E-state index < -0.39 is 5.97 Å². The Morgan fingerprint density at radius 1 is 1.06 bits per heavy atom. The fourth-order valence-electron chi connectivity index (χ4n) is 2.28. The molecule has 1 aromatic heterocycles. The number of fused-ring (bicyclic) bond motifs is 3. The van der Waals surface area contributed by atoms with Gasteiger partial charge in [0.1, 0.15) is 5.69 Å². The van der Waals surface area contributed by atoms with E-state index in [9.17, 15) is 4.79 Å². The number of carboxylic acid groups (broad SMARTS) is 1. The fraction of sp³-hybridized carbons (Fsp3) is 0.143. The van der Waals surface area contributed by atoms with Crippen molar-refractivity contribution >= 4 is 5.97 Å². The maximum atomic E-state index is 10.9. The molecule has 0 aliphatic heterocycles. The second-order valence-electron chi connectivity index (χ2n) is 4.17. The molecule has 1 aliphatic rings. The van der Waals surface area contributed by atoms with Gasteiger partial charge in [-0.2, -0.15) is 0 Å². The molecule has 0 saturated carbocycles. The summed E-state index contributed by atoms with van der Waals surface area (Å²) in [6, 6.07) is 11.5. The first-order valence-electron chi connectivity index (χ1n) is 5.57. The van der Waals surface area contributed by atoms with E-state index in [0.29, 0.717) is 0 Å². The molecular weight excluding hydrogens is 214 g/mol. The quantitative estimate of drug-likeness (QED) is 0.811. The average molecular weight is 225 g/mol. The maximum absolute atomic E-state index is 10.9. The van der Waals surface area contributed by atoms with Crippen LogP contribution < -0.4 is 0 Å². The normalized spacial score (nSPS) is 12.7. The van der Waals surface area contributed by atoms with Crippen LogP contribution in [0.3, 0.4) is 0 Å². The van der Waals surface area contributed by atoms with Gasteiger partial charge in [0.15, 0.2) is 0 Å². The zero-order valence-corrected chi connectivity index (χ0v) is 9.18. The minimum atomic E-state index is -0.976. The molecule has 0 spiro atoms. The molecule has 17 heavy (non-hydrogen) atoms. The number of aromatic nitrogens is 1. The standard InChI is InChI=1S/C14H11NO2/c16-14(17)12-8-7-10-6-5-9-3-1-2-4-11(9)13(10)15-12/h1-4,7-8H,5-6H2,(H,16,17).